The largest absolute Gasteiger partial charge is 0.271 e. The summed E-state index contributed by atoms with van der Waals surface area (Å²) < 4.78 is 1.08. The number of rotatable bonds is 4. The van der Waals surface area contributed by atoms with Crippen LogP contribution in [0.4, 0.5) is 0 Å². The zero-order chi connectivity index (χ0) is 13.0. The molecule has 0 bridgehead atoms. The minimum atomic E-state index is 0.0769. The Labute approximate surface area is 116 Å². The molecule has 1 unspecified atom stereocenters. The van der Waals surface area contributed by atoms with E-state index in [2.05, 4.69) is 45.4 Å². The molecule has 2 aromatic rings. The second-order valence-corrected chi connectivity index (χ2v) is 5.16. The van der Waals surface area contributed by atoms with Crippen molar-refractivity contribution in [1.82, 2.24) is 10.4 Å². The fourth-order valence-corrected chi connectivity index (χ4v) is 2.49. The molecule has 0 amide bonds. The molecule has 1 heterocycles. The highest BCUT2D eigenvalue weighted by Gasteiger charge is 2.13. The van der Waals surface area contributed by atoms with Crippen molar-refractivity contribution in [3.05, 3.63) is 63.9 Å². The van der Waals surface area contributed by atoms with Crippen LogP contribution in [0.2, 0.25) is 0 Å². The summed E-state index contributed by atoms with van der Waals surface area (Å²) in [6.07, 6.45) is 2.58. The first kappa shape index (κ1) is 13.2. The molecular weight excluding hydrogens is 290 g/mol. The smallest absolute Gasteiger partial charge is 0.0517 e. The molecule has 3 nitrogen and oxygen atoms in total. The Bertz CT molecular complexity index is 514. The third kappa shape index (κ3) is 3.16. The average Bonchev–Trinajstić information content (AvgIpc) is 2.38. The second-order valence-electron chi connectivity index (χ2n) is 4.25. The quantitative estimate of drug-likeness (QED) is 0.674. The summed E-state index contributed by atoms with van der Waals surface area (Å²) in [6.45, 7) is 2.09. The van der Waals surface area contributed by atoms with Crippen LogP contribution in [0.25, 0.3) is 0 Å². The number of benzene rings is 1. The van der Waals surface area contributed by atoms with E-state index in [4.69, 9.17) is 5.84 Å². The van der Waals surface area contributed by atoms with Crippen LogP contribution in [0.15, 0.2) is 47.1 Å². The summed E-state index contributed by atoms with van der Waals surface area (Å²) in [6, 6.07) is 12.2. The number of nitrogens with one attached hydrogen (secondary N) is 1. The number of hydrazine groups is 1. The lowest BCUT2D eigenvalue weighted by atomic mass is 9.98. The van der Waals surface area contributed by atoms with Gasteiger partial charge in [0.25, 0.3) is 0 Å². The van der Waals surface area contributed by atoms with E-state index in [0.29, 0.717) is 0 Å². The molecule has 0 aliphatic rings. The molecule has 0 aliphatic heterocycles. The van der Waals surface area contributed by atoms with Gasteiger partial charge in [-0.2, -0.15) is 0 Å². The standard InChI is InChI=1S/C14H16BrN3/c1-10-8-11(15)5-6-13(10)14(18-16)9-12-4-2-3-7-17-12/h2-8,14,18H,9,16H2,1H3. The van der Waals surface area contributed by atoms with Gasteiger partial charge in [0.15, 0.2) is 0 Å². The van der Waals surface area contributed by atoms with Crippen molar-refractivity contribution in [2.45, 2.75) is 19.4 Å². The average molecular weight is 306 g/mol. The lowest BCUT2D eigenvalue weighted by Gasteiger charge is -2.18. The molecular formula is C14H16BrN3. The van der Waals surface area contributed by atoms with Crippen LogP contribution < -0.4 is 11.3 Å². The van der Waals surface area contributed by atoms with Crippen LogP contribution in [0.3, 0.4) is 0 Å². The third-order valence-electron chi connectivity index (χ3n) is 2.95. The van der Waals surface area contributed by atoms with E-state index in [1.807, 2.05) is 24.3 Å². The van der Waals surface area contributed by atoms with E-state index < -0.39 is 0 Å². The van der Waals surface area contributed by atoms with Crippen molar-refractivity contribution in [2.24, 2.45) is 5.84 Å². The van der Waals surface area contributed by atoms with Gasteiger partial charge < -0.3 is 0 Å². The Balaban J connectivity index is 2.23. The van der Waals surface area contributed by atoms with Crippen LogP contribution in [0, 0.1) is 6.92 Å². The van der Waals surface area contributed by atoms with E-state index >= 15 is 0 Å². The number of nitrogens with two attached hydrogens (primary N) is 1. The van der Waals surface area contributed by atoms with Crippen LogP contribution in [-0.2, 0) is 6.42 Å². The van der Waals surface area contributed by atoms with Gasteiger partial charge in [-0.05, 0) is 42.3 Å². The Hall–Kier alpha value is -1.23. The molecule has 3 N–H and O–H groups in total. The van der Waals surface area contributed by atoms with E-state index in [0.717, 1.165) is 16.6 Å². The predicted octanol–water partition coefficient (Wildman–Crippen LogP) is 2.90. The molecule has 2 rings (SSSR count). The van der Waals surface area contributed by atoms with Crippen molar-refractivity contribution < 1.29 is 0 Å². The Morgan fingerprint density at radius 1 is 1.33 bits per heavy atom. The highest BCUT2D eigenvalue weighted by atomic mass is 79.9. The summed E-state index contributed by atoms with van der Waals surface area (Å²) >= 11 is 3.47. The van der Waals surface area contributed by atoms with Crippen LogP contribution in [-0.4, -0.2) is 4.98 Å². The van der Waals surface area contributed by atoms with Gasteiger partial charge in [0.1, 0.15) is 0 Å². The Kier molecular flexibility index (Phi) is 4.47. The van der Waals surface area contributed by atoms with Gasteiger partial charge in [0.2, 0.25) is 0 Å². The molecule has 0 spiro atoms. The SMILES string of the molecule is Cc1cc(Br)ccc1C(Cc1ccccn1)NN. The van der Waals surface area contributed by atoms with Gasteiger partial charge in [-0.15, -0.1) is 0 Å². The summed E-state index contributed by atoms with van der Waals surface area (Å²) in [4.78, 5) is 4.33. The maximum absolute atomic E-state index is 5.67. The van der Waals surface area contributed by atoms with Crippen LogP contribution in [0.1, 0.15) is 22.9 Å². The predicted molar refractivity (Wildman–Crippen MR) is 76.9 cm³/mol. The second kappa shape index (κ2) is 6.09. The molecule has 4 heteroatoms. The molecule has 1 aromatic heterocycles. The normalized spacial score (nSPS) is 12.4. The molecule has 0 saturated heterocycles. The molecule has 0 aliphatic carbocycles. The van der Waals surface area contributed by atoms with Gasteiger partial charge in [-0.3, -0.25) is 16.3 Å². The summed E-state index contributed by atoms with van der Waals surface area (Å²) in [5, 5.41) is 0. The van der Waals surface area contributed by atoms with Gasteiger partial charge in [0.05, 0.1) is 6.04 Å². The number of aryl methyl sites for hydroxylation is 1. The Morgan fingerprint density at radius 2 is 2.17 bits per heavy atom. The monoisotopic (exact) mass is 305 g/mol. The molecule has 0 fully saturated rings. The number of hydrogen-bond donors (Lipinski definition) is 2. The fourth-order valence-electron chi connectivity index (χ4n) is 2.02. The fraction of sp³-hybridized carbons (Fsp3) is 0.214. The minimum absolute atomic E-state index is 0.0769. The zero-order valence-electron chi connectivity index (χ0n) is 10.2. The van der Waals surface area contributed by atoms with E-state index in [1.54, 1.807) is 6.20 Å². The van der Waals surface area contributed by atoms with Crippen molar-refractivity contribution in [2.75, 3.05) is 0 Å². The molecule has 18 heavy (non-hydrogen) atoms. The number of nitrogens with zero attached hydrogens (tertiary/aromatic N) is 1. The molecule has 94 valence electrons. The highest BCUT2D eigenvalue weighted by molar-refractivity contribution is 9.10. The first-order chi connectivity index (χ1) is 8.70. The lowest BCUT2D eigenvalue weighted by molar-refractivity contribution is 0.543. The Morgan fingerprint density at radius 3 is 2.78 bits per heavy atom. The molecule has 1 aromatic carbocycles. The summed E-state index contributed by atoms with van der Waals surface area (Å²) in [5.41, 5.74) is 6.31. The molecule has 0 radical (unpaired) electrons. The van der Waals surface area contributed by atoms with Gasteiger partial charge >= 0.3 is 0 Å². The van der Waals surface area contributed by atoms with E-state index in [-0.39, 0.29) is 6.04 Å². The first-order valence-corrected chi connectivity index (χ1v) is 6.62. The molecule has 1 atom stereocenters. The number of pyridine rings is 1. The van der Waals surface area contributed by atoms with Crippen molar-refractivity contribution >= 4 is 15.9 Å². The van der Waals surface area contributed by atoms with Crippen LogP contribution in [0.5, 0.6) is 0 Å². The van der Waals surface area contributed by atoms with E-state index in [1.165, 1.54) is 11.1 Å². The number of halogens is 1. The summed E-state index contributed by atoms with van der Waals surface area (Å²) in [5.74, 6) is 5.67. The van der Waals surface area contributed by atoms with Crippen molar-refractivity contribution in [3.63, 3.8) is 0 Å². The van der Waals surface area contributed by atoms with Crippen molar-refractivity contribution in [3.8, 4) is 0 Å². The van der Waals surface area contributed by atoms with Gasteiger partial charge in [-0.1, -0.05) is 28.1 Å². The first-order valence-electron chi connectivity index (χ1n) is 5.83. The maximum atomic E-state index is 5.67. The van der Waals surface area contributed by atoms with Crippen molar-refractivity contribution in [1.29, 1.82) is 0 Å². The summed E-state index contributed by atoms with van der Waals surface area (Å²) in [7, 11) is 0. The minimum Gasteiger partial charge on any atom is -0.271 e. The van der Waals surface area contributed by atoms with Crippen LogP contribution >= 0.6 is 15.9 Å². The van der Waals surface area contributed by atoms with E-state index in [9.17, 15) is 0 Å². The van der Waals surface area contributed by atoms with Gasteiger partial charge in [0, 0.05) is 22.8 Å². The van der Waals surface area contributed by atoms with Gasteiger partial charge in [-0.25, -0.2) is 0 Å². The zero-order valence-corrected chi connectivity index (χ0v) is 11.8. The highest BCUT2D eigenvalue weighted by Crippen LogP contribution is 2.23. The maximum Gasteiger partial charge on any atom is 0.0517 e. The molecule has 0 saturated carbocycles. The topological polar surface area (TPSA) is 50.9 Å². The lowest BCUT2D eigenvalue weighted by Crippen LogP contribution is -2.30. The third-order valence-corrected chi connectivity index (χ3v) is 3.44. The number of aromatic nitrogens is 1. The number of hydrogen-bond acceptors (Lipinski definition) is 3.